The number of aromatic nitrogens is 1. The number of carbonyl (C=O) groups is 1. The van der Waals surface area contributed by atoms with Crippen LogP contribution in [0.5, 0.6) is 0 Å². The maximum Gasteiger partial charge on any atom is 0.417 e. The molecule has 0 N–H and O–H groups in total. The number of esters is 1. The zero-order valence-electron chi connectivity index (χ0n) is 18.6. The topological polar surface area (TPSA) is 85.8 Å². The minimum Gasteiger partial charge on any atom is -0.447 e. The van der Waals surface area contributed by atoms with Crippen LogP contribution >= 0.6 is 23.2 Å². The average molecular weight is 561 g/mol. The standard InChI is InChI=1S/C23H17Cl2F3N2O5S/c1-12-8-18(20(29-10-12)21-19-14(22(31)35-21)4-3-5-17(19)25)30(11-34-2)36(32,33)13-6-7-16(24)15(9-13)23(26,27)28/h3-10,21H,11H2,1-2H3. The highest BCUT2D eigenvalue weighted by Gasteiger charge is 2.40. The number of ether oxygens (including phenoxy) is 2. The number of halogens is 5. The highest BCUT2D eigenvalue weighted by molar-refractivity contribution is 7.92. The van der Waals surface area contributed by atoms with Gasteiger partial charge in [0.2, 0.25) is 0 Å². The van der Waals surface area contributed by atoms with Crippen LogP contribution in [0, 0.1) is 6.92 Å². The molecule has 0 amide bonds. The number of rotatable bonds is 6. The van der Waals surface area contributed by atoms with Crippen LogP contribution in [0.2, 0.25) is 10.0 Å². The van der Waals surface area contributed by atoms with Gasteiger partial charge in [-0.05, 0) is 48.9 Å². The number of cyclic esters (lactones) is 1. The number of hydrogen-bond donors (Lipinski definition) is 0. The van der Waals surface area contributed by atoms with Crippen molar-refractivity contribution in [1.29, 1.82) is 0 Å². The number of aryl methyl sites for hydroxylation is 1. The Labute approximate surface area is 214 Å². The summed E-state index contributed by atoms with van der Waals surface area (Å²) in [5, 5.41) is -0.452. The molecule has 1 unspecified atom stereocenters. The molecule has 1 atom stereocenters. The summed E-state index contributed by atoms with van der Waals surface area (Å²) in [4.78, 5) is 16.1. The summed E-state index contributed by atoms with van der Waals surface area (Å²) >= 11 is 12.0. The molecule has 0 aliphatic carbocycles. The molecular formula is C23H17Cl2F3N2O5S. The molecule has 1 aliphatic rings. The molecule has 0 spiro atoms. The van der Waals surface area contributed by atoms with Gasteiger partial charge in [0.25, 0.3) is 10.0 Å². The van der Waals surface area contributed by atoms with E-state index in [1.807, 2.05) is 0 Å². The van der Waals surface area contributed by atoms with E-state index in [-0.39, 0.29) is 22.0 Å². The smallest absolute Gasteiger partial charge is 0.417 e. The van der Waals surface area contributed by atoms with Crippen LogP contribution in [0.1, 0.15) is 38.8 Å². The van der Waals surface area contributed by atoms with Crippen LogP contribution in [0.3, 0.4) is 0 Å². The summed E-state index contributed by atoms with van der Waals surface area (Å²) in [6.45, 7) is 1.06. The second-order valence-electron chi connectivity index (χ2n) is 7.81. The first-order valence-electron chi connectivity index (χ1n) is 10.2. The number of hydrogen-bond acceptors (Lipinski definition) is 6. The van der Waals surface area contributed by atoms with Crippen molar-refractivity contribution in [2.75, 3.05) is 18.1 Å². The molecule has 0 saturated heterocycles. The lowest BCUT2D eigenvalue weighted by atomic mass is 10.0. The largest absolute Gasteiger partial charge is 0.447 e. The molecule has 190 valence electrons. The van der Waals surface area contributed by atoms with Gasteiger partial charge >= 0.3 is 12.1 Å². The Morgan fingerprint density at radius 1 is 1.14 bits per heavy atom. The highest BCUT2D eigenvalue weighted by atomic mass is 35.5. The predicted molar refractivity (Wildman–Crippen MR) is 126 cm³/mol. The zero-order valence-corrected chi connectivity index (χ0v) is 21.0. The molecule has 2 heterocycles. The number of methoxy groups -OCH3 is 1. The molecule has 36 heavy (non-hydrogen) atoms. The number of alkyl halides is 3. The molecule has 3 aromatic rings. The average Bonchev–Trinajstić information content (AvgIpc) is 3.14. The summed E-state index contributed by atoms with van der Waals surface area (Å²) in [5.41, 5.74) is -0.356. The fraction of sp³-hybridized carbons (Fsp3) is 0.217. The maximum absolute atomic E-state index is 13.6. The second-order valence-corrected chi connectivity index (χ2v) is 10.5. The van der Waals surface area contributed by atoms with Crippen molar-refractivity contribution >= 4 is 44.9 Å². The number of fused-ring (bicyclic) bond motifs is 1. The first-order valence-corrected chi connectivity index (χ1v) is 12.4. The molecule has 4 rings (SSSR count). The summed E-state index contributed by atoms with van der Waals surface area (Å²) in [5.74, 6) is -0.681. The number of anilines is 1. The lowest BCUT2D eigenvalue weighted by molar-refractivity contribution is -0.137. The van der Waals surface area contributed by atoms with Gasteiger partial charge in [-0.25, -0.2) is 17.5 Å². The summed E-state index contributed by atoms with van der Waals surface area (Å²) in [6, 6.07) is 8.32. The SMILES string of the molecule is COCN(c1cc(C)cnc1C1OC(=O)c2cccc(Cl)c21)S(=O)(=O)c1ccc(Cl)c(C(F)(F)F)c1. The van der Waals surface area contributed by atoms with E-state index in [1.54, 1.807) is 19.1 Å². The molecule has 0 fully saturated rings. The van der Waals surface area contributed by atoms with Crippen molar-refractivity contribution in [2.24, 2.45) is 0 Å². The fourth-order valence-electron chi connectivity index (χ4n) is 3.76. The minimum atomic E-state index is -4.89. The molecule has 0 saturated carbocycles. The van der Waals surface area contributed by atoms with E-state index in [9.17, 15) is 26.4 Å². The van der Waals surface area contributed by atoms with Crippen molar-refractivity contribution < 1.29 is 35.9 Å². The van der Waals surface area contributed by atoms with E-state index < -0.39 is 50.5 Å². The number of carbonyl (C=O) groups excluding carboxylic acids is 1. The second kappa shape index (κ2) is 9.55. The fourth-order valence-corrected chi connectivity index (χ4v) is 5.67. The Morgan fingerprint density at radius 3 is 2.53 bits per heavy atom. The lowest BCUT2D eigenvalue weighted by Crippen LogP contribution is -2.34. The van der Waals surface area contributed by atoms with E-state index in [1.165, 1.54) is 25.4 Å². The van der Waals surface area contributed by atoms with Gasteiger partial charge in [-0.15, -0.1) is 0 Å². The number of nitrogens with zero attached hydrogens (tertiary/aromatic N) is 2. The Hall–Kier alpha value is -2.86. The van der Waals surface area contributed by atoms with Crippen LogP contribution in [0.25, 0.3) is 0 Å². The van der Waals surface area contributed by atoms with Crippen LogP contribution in [-0.4, -0.2) is 33.2 Å². The van der Waals surface area contributed by atoms with Gasteiger partial charge in [0.15, 0.2) is 6.10 Å². The Morgan fingerprint density at radius 2 is 1.86 bits per heavy atom. The molecule has 13 heteroatoms. The van der Waals surface area contributed by atoms with E-state index >= 15 is 0 Å². The monoisotopic (exact) mass is 560 g/mol. The van der Waals surface area contributed by atoms with Gasteiger partial charge in [-0.2, -0.15) is 13.2 Å². The third kappa shape index (κ3) is 4.63. The number of pyridine rings is 1. The summed E-state index contributed by atoms with van der Waals surface area (Å²) in [7, 11) is -3.43. The van der Waals surface area contributed by atoms with Crippen LogP contribution in [0.4, 0.5) is 18.9 Å². The van der Waals surface area contributed by atoms with Gasteiger partial charge in [0.05, 0.1) is 26.7 Å². The van der Waals surface area contributed by atoms with E-state index in [0.29, 0.717) is 17.2 Å². The van der Waals surface area contributed by atoms with Gasteiger partial charge < -0.3 is 9.47 Å². The van der Waals surface area contributed by atoms with Crippen LogP contribution in [0.15, 0.2) is 53.6 Å². The molecule has 7 nitrogen and oxygen atoms in total. The first kappa shape index (κ1) is 26.2. The van der Waals surface area contributed by atoms with Crippen molar-refractivity contribution in [3.63, 3.8) is 0 Å². The quantitative estimate of drug-likeness (QED) is 0.281. The molecular weight excluding hydrogens is 544 g/mol. The Balaban J connectivity index is 1.91. The van der Waals surface area contributed by atoms with Gasteiger partial charge in [-0.3, -0.25) is 4.98 Å². The third-order valence-electron chi connectivity index (χ3n) is 5.39. The molecule has 1 aromatic heterocycles. The maximum atomic E-state index is 13.6. The first-order chi connectivity index (χ1) is 16.9. The number of sulfonamides is 1. The van der Waals surface area contributed by atoms with Gasteiger partial charge in [0.1, 0.15) is 12.4 Å². The summed E-state index contributed by atoms with van der Waals surface area (Å²) in [6.07, 6.45) is -4.62. The lowest BCUT2D eigenvalue weighted by Gasteiger charge is -2.27. The van der Waals surface area contributed by atoms with Crippen LogP contribution in [-0.2, 0) is 25.7 Å². The number of benzene rings is 2. The highest BCUT2D eigenvalue weighted by Crippen LogP contribution is 2.44. The van der Waals surface area contributed by atoms with Crippen molar-refractivity contribution in [3.8, 4) is 0 Å². The normalized spacial score (nSPS) is 15.5. The predicted octanol–water partition coefficient (Wildman–Crippen LogP) is 5.77. The molecule has 0 bridgehead atoms. The Kier molecular flexibility index (Phi) is 6.95. The van der Waals surface area contributed by atoms with Crippen molar-refractivity contribution in [2.45, 2.75) is 24.1 Å². The molecule has 0 radical (unpaired) electrons. The molecule has 2 aromatic carbocycles. The zero-order chi connectivity index (χ0) is 26.4. The molecule has 1 aliphatic heterocycles. The van der Waals surface area contributed by atoms with Gasteiger partial charge in [0, 0.05) is 23.9 Å². The van der Waals surface area contributed by atoms with Gasteiger partial charge in [-0.1, -0.05) is 29.3 Å². The minimum absolute atomic E-state index is 0.00596. The van der Waals surface area contributed by atoms with Crippen molar-refractivity contribution in [1.82, 2.24) is 4.98 Å². The van der Waals surface area contributed by atoms with Crippen LogP contribution < -0.4 is 4.31 Å². The van der Waals surface area contributed by atoms with E-state index in [4.69, 9.17) is 32.7 Å². The summed E-state index contributed by atoms with van der Waals surface area (Å²) < 4.78 is 78.9. The third-order valence-corrected chi connectivity index (χ3v) is 7.78. The Bertz CT molecular complexity index is 1460. The van der Waals surface area contributed by atoms with E-state index in [0.717, 1.165) is 16.4 Å². The van der Waals surface area contributed by atoms with Crippen molar-refractivity contribution in [3.05, 3.63) is 86.7 Å². The van der Waals surface area contributed by atoms with E-state index in [2.05, 4.69) is 4.98 Å².